The van der Waals surface area contributed by atoms with Crippen LogP contribution in [0.4, 0.5) is 5.69 Å². The zero-order valence-corrected chi connectivity index (χ0v) is 12.8. The Balaban J connectivity index is 2.23. The summed E-state index contributed by atoms with van der Waals surface area (Å²) in [4.78, 5) is 16.9. The third-order valence-electron chi connectivity index (χ3n) is 2.62. The lowest BCUT2D eigenvalue weighted by atomic mass is 10.2. The molecule has 4 nitrogen and oxygen atoms in total. The van der Waals surface area contributed by atoms with Crippen molar-refractivity contribution in [1.29, 1.82) is 0 Å². The number of nitrogens with one attached hydrogen (secondary N) is 1. The second-order valence-corrected chi connectivity index (χ2v) is 5.45. The number of benzene rings is 1. The molecule has 1 N–H and O–H groups in total. The van der Waals surface area contributed by atoms with Crippen LogP contribution in [0.5, 0.6) is 5.75 Å². The number of aryl methyl sites for hydroxylation is 1. The largest absolute Gasteiger partial charge is 0.490 e. The summed E-state index contributed by atoms with van der Waals surface area (Å²) in [5.74, 6) is 0.306. The van der Waals surface area contributed by atoms with Gasteiger partial charge >= 0.3 is 0 Å². The van der Waals surface area contributed by atoms with Crippen LogP contribution in [0.2, 0.25) is 5.02 Å². The van der Waals surface area contributed by atoms with Crippen LogP contribution in [-0.2, 0) is 0 Å². The fraction of sp³-hybridized carbons (Fsp3) is 0.286. The lowest BCUT2D eigenvalue weighted by Crippen LogP contribution is -2.13. The molecular weight excluding hydrogens is 296 g/mol. The molecule has 0 fully saturated rings. The molecule has 0 atom stereocenters. The van der Waals surface area contributed by atoms with Crippen molar-refractivity contribution in [2.75, 3.05) is 11.9 Å². The van der Waals surface area contributed by atoms with Gasteiger partial charge in [-0.15, -0.1) is 11.3 Å². The van der Waals surface area contributed by atoms with Gasteiger partial charge in [0.05, 0.1) is 28.5 Å². The molecule has 0 aliphatic rings. The van der Waals surface area contributed by atoms with Crippen molar-refractivity contribution >= 4 is 34.5 Å². The van der Waals surface area contributed by atoms with Crippen LogP contribution >= 0.6 is 22.9 Å². The molecule has 2 rings (SSSR count). The smallest absolute Gasteiger partial charge is 0.267 e. The van der Waals surface area contributed by atoms with E-state index >= 15 is 0 Å². The second-order valence-electron chi connectivity index (χ2n) is 4.19. The summed E-state index contributed by atoms with van der Waals surface area (Å²) in [5, 5.41) is 3.31. The topological polar surface area (TPSA) is 51.2 Å². The van der Waals surface area contributed by atoms with Gasteiger partial charge in [0.25, 0.3) is 5.91 Å². The number of para-hydroxylation sites is 1. The van der Waals surface area contributed by atoms with Crippen LogP contribution in [0.3, 0.4) is 0 Å². The van der Waals surface area contributed by atoms with Gasteiger partial charge in [-0.05, 0) is 25.5 Å². The number of carbonyl (C=O) groups is 1. The number of anilines is 1. The predicted molar refractivity (Wildman–Crippen MR) is 82.0 cm³/mol. The average Bonchev–Trinajstić information content (AvgIpc) is 2.84. The number of aromatic nitrogens is 1. The number of nitrogens with zero attached hydrogens (tertiary/aromatic N) is 1. The Morgan fingerprint density at radius 3 is 2.95 bits per heavy atom. The van der Waals surface area contributed by atoms with E-state index in [2.05, 4.69) is 10.3 Å². The van der Waals surface area contributed by atoms with Gasteiger partial charge in [0, 0.05) is 0 Å². The van der Waals surface area contributed by atoms with E-state index in [1.807, 2.05) is 6.92 Å². The van der Waals surface area contributed by atoms with E-state index in [1.165, 1.54) is 11.3 Å². The van der Waals surface area contributed by atoms with Crippen molar-refractivity contribution in [3.05, 3.63) is 39.3 Å². The first kappa shape index (κ1) is 14.8. The average molecular weight is 311 g/mol. The number of thiazole rings is 1. The molecule has 1 aromatic carbocycles. The monoisotopic (exact) mass is 310 g/mol. The van der Waals surface area contributed by atoms with Gasteiger partial charge in [0.2, 0.25) is 0 Å². The Morgan fingerprint density at radius 1 is 1.50 bits per heavy atom. The molecule has 0 aliphatic heterocycles. The van der Waals surface area contributed by atoms with Gasteiger partial charge in [-0.3, -0.25) is 4.79 Å². The predicted octanol–water partition coefficient (Wildman–Crippen LogP) is 4.15. The lowest BCUT2D eigenvalue weighted by molar-refractivity contribution is 0.102. The van der Waals surface area contributed by atoms with Crippen molar-refractivity contribution in [3.8, 4) is 5.75 Å². The molecule has 0 radical (unpaired) electrons. The van der Waals surface area contributed by atoms with E-state index in [0.717, 1.165) is 6.42 Å². The molecule has 1 heterocycles. The lowest BCUT2D eigenvalue weighted by Gasteiger charge is -2.13. The van der Waals surface area contributed by atoms with Crippen molar-refractivity contribution < 1.29 is 9.53 Å². The maximum Gasteiger partial charge on any atom is 0.267 e. The van der Waals surface area contributed by atoms with Crippen LogP contribution in [-0.4, -0.2) is 17.5 Å². The van der Waals surface area contributed by atoms with Crippen LogP contribution in [0.25, 0.3) is 0 Å². The minimum atomic E-state index is -0.200. The third kappa shape index (κ3) is 3.29. The van der Waals surface area contributed by atoms with Gasteiger partial charge in [-0.1, -0.05) is 24.6 Å². The quantitative estimate of drug-likeness (QED) is 0.902. The maximum atomic E-state index is 12.2. The van der Waals surface area contributed by atoms with Crippen LogP contribution in [0.1, 0.15) is 28.7 Å². The number of rotatable bonds is 5. The van der Waals surface area contributed by atoms with E-state index in [0.29, 0.717) is 33.6 Å². The molecule has 0 unspecified atom stereocenters. The highest BCUT2D eigenvalue weighted by atomic mass is 35.5. The number of amides is 1. The summed E-state index contributed by atoms with van der Waals surface area (Å²) in [6.45, 7) is 4.36. The Morgan fingerprint density at radius 2 is 2.30 bits per heavy atom. The highest BCUT2D eigenvalue weighted by molar-refractivity contribution is 7.12. The second kappa shape index (κ2) is 6.72. The first-order valence-electron chi connectivity index (χ1n) is 6.26. The molecule has 0 aliphatic carbocycles. The Bertz CT molecular complexity index is 613. The molecule has 0 saturated heterocycles. The first-order chi connectivity index (χ1) is 9.63. The van der Waals surface area contributed by atoms with Crippen molar-refractivity contribution in [2.24, 2.45) is 0 Å². The first-order valence-corrected chi connectivity index (χ1v) is 7.52. The summed E-state index contributed by atoms with van der Waals surface area (Å²) < 4.78 is 5.61. The van der Waals surface area contributed by atoms with E-state index in [4.69, 9.17) is 16.3 Å². The molecule has 0 saturated carbocycles. The standard InChI is InChI=1S/C14H15ClN2O2S/c1-3-7-19-12-10(15)5-4-6-11(12)17-14(18)13-9(2)16-8-20-13/h4-6,8H,3,7H2,1-2H3,(H,17,18). The minimum Gasteiger partial charge on any atom is -0.490 e. The van der Waals surface area contributed by atoms with E-state index in [1.54, 1.807) is 30.6 Å². The highest BCUT2D eigenvalue weighted by Crippen LogP contribution is 2.33. The zero-order chi connectivity index (χ0) is 14.5. The SMILES string of the molecule is CCCOc1c(Cl)cccc1NC(=O)c1scnc1C. The third-order valence-corrected chi connectivity index (χ3v) is 3.84. The summed E-state index contributed by atoms with van der Waals surface area (Å²) in [5.41, 5.74) is 2.94. The zero-order valence-electron chi connectivity index (χ0n) is 11.3. The van der Waals surface area contributed by atoms with Crippen molar-refractivity contribution in [3.63, 3.8) is 0 Å². The molecule has 6 heteroatoms. The Hall–Kier alpha value is -1.59. The van der Waals surface area contributed by atoms with Crippen molar-refractivity contribution in [1.82, 2.24) is 4.98 Å². The summed E-state index contributed by atoms with van der Waals surface area (Å²) in [6, 6.07) is 5.28. The van der Waals surface area contributed by atoms with Crippen molar-refractivity contribution in [2.45, 2.75) is 20.3 Å². The van der Waals surface area contributed by atoms with E-state index in [-0.39, 0.29) is 5.91 Å². The number of ether oxygens (including phenoxy) is 1. The van der Waals surface area contributed by atoms with Gasteiger partial charge in [-0.2, -0.15) is 0 Å². The van der Waals surface area contributed by atoms with E-state index < -0.39 is 0 Å². The molecule has 0 bridgehead atoms. The Labute approximate surface area is 126 Å². The Kier molecular flexibility index (Phi) is 4.98. The normalized spacial score (nSPS) is 10.3. The van der Waals surface area contributed by atoms with Crippen LogP contribution < -0.4 is 10.1 Å². The number of carbonyl (C=O) groups excluding carboxylic acids is 1. The van der Waals surface area contributed by atoms with Gasteiger partial charge in [0.15, 0.2) is 5.75 Å². The summed E-state index contributed by atoms with van der Waals surface area (Å²) in [6.07, 6.45) is 0.868. The molecule has 106 valence electrons. The van der Waals surface area contributed by atoms with Gasteiger partial charge in [-0.25, -0.2) is 4.98 Å². The van der Waals surface area contributed by atoms with Gasteiger partial charge in [0.1, 0.15) is 4.88 Å². The molecule has 1 amide bonds. The molecule has 1 aromatic heterocycles. The summed E-state index contributed by atoms with van der Waals surface area (Å²) >= 11 is 7.43. The molecular formula is C14H15ClN2O2S. The highest BCUT2D eigenvalue weighted by Gasteiger charge is 2.15. The number of hydrogen-bond donors (Lipinski definition) is 1. The molecule has 0 spiro atoms. The fourth-order valence-electron chi connectivity index (χ4n) is 1.66. The fourth-order valence-corrected chi connectivity index (χ4v) is 2.58. The molecule has 2 aromatic rings. The van der Waals surface area contributed by atoms with Crippen LogP contribution in [0.15, 0.2) is 23.7 Å². The van der Waals surface area contributed by atoms with Gasteiger partial charge < -0.3 is 10.1 Å². The number of hydrogen-bond acceptors (Lipinski definition) is 4. The minimum absolute atomic E-state index is 0.200. The summed E-state index contributed by atoms with van der Waals surface area (Å²) in [7, 11) is 0. The van der Waals surface area contributed by atoms with Crippen LogP contribution in [0, 0.1) is 6.92 Å². The van der Waals surface area contributed by atoms with E-state index in [9.17, 15) is 4.79 Å². The maximum absolute atomic E-state index is 12.2. The molecule has 20 heavy (non-hydrogen) atoms. The number of halogens is 1.